The van der Waals surface area contributed by atoms with Crippen LogP contribution in [-0.4, -0.2) is 58.1 Å². The molecule has 0 aliphatic carbocycles. The van der Waals surface area contributed by atoms with Crippen molar-refractivity contribution in [3.63, 3.8) is 0 Å². The molecule has 27 heavy (non-hydrogen) atoms. The molecule has 2 atom stereocenters. The second-order valence-corrected chi connectivity index (χ2v) is 8.35. The van der Waals surface area contributed by atoms with Crippen molar-refractivity contribution in [2.75, 3.05) is 26.2 Å². The molecule has 2 bridgehead atoms. The van der Waals surface area contributed by atoms with Gasteiger partial charge in [-0.15, -0.1) is 11.3 Å². The summed E-state index contributed by atoms with van der Waals surface area (Å²) >= 11 is 1.69. The van der Waals surface area contributed by atoms with Crippen LogP contribution in [0.25, 0.3) is 0 Å². The van der Waals surface area contributed by atoms with Crippen LogP contribution in [-0.2, 0) is 6.54 Å². The topological polar surface area (TPSA) is 56.7 Å². The number of pyridine rings is 1. The average molecular weight is 382 g/mol. The number of aliphatic hydroxyl groups excluding tert-OH is 1. The molecule has 3 saturated heterocycles. The van der Waals surface area contributed by atoms with Gasteiger partial charge in [-0.05, 0) is 43.0 Å². The monoisotopic (exact) mass is 381 g/mol. The number of fused-ring (bicyclic) bond motifs is 4. The quantitative estimate of drug-likeness (QED) is 0.829. The molecule has 2 aromatic rings. The van der Waals surface area contributed by atoms with E-state index < -0.39 is 0 Å². The number of hydrogen-bond acceptors (Lipinski definition) is 5. The molecule has 6 heteroatoms. The first-order valence-electron chi connectivity index (χ1n) is 9.35. The Morgan fingerprint density at radius 2 is 2.15 bits per heavy atom. The first kappa shape index (κ1) is 18.2. The van der Waals surface area contributed by atoms with Crippen LogP contribution in [0.2, 0.25) is 0 Å². The smallest absolute Gasteiger partial charge is 0.272 e. The molecule has 3 fully saturated rings. The minimum atomic E-state index is -0.108. The molecule has 3 aliphatic heterocycles. The van der Waals surface area contributed by atoms with Gasteiger partial charge in [0, 0.05) is 43.3 Å². The van der Waals surface area contributed by atoms with E-state index in [4.69, 9.17) is 5.11 Å². The van der Waals surface area contributed by atoms with E-state index >= 15 is 0 Å². The summed E-state index contributed by atoms with van der Waals surface area (Å²) in [6.45, 7) is 3.42. The maximum Gasteiger partial charge on any atom is 0.272 e. The summed E-state index contributed by atoms with van der Waals surface area (Å²) in [7, 11) is 0. The van der Waals surface area contributed by atoms with Crippen LogP contribution >= 0.6 is 11.3 Å². The van der Waals surface area contributed by atoms with Crippen molar-refractivity contribution in [3.05, 3.63) is 52.0 Å². The number of hydrogen-bond donors (Lipinski definition) is 1. The molecule has 1 N–H and O–H groups in total. The van der Waals surface area contributed by atoms with Gasteiger partial charge >= 0.3 is 0 Å². The molecule has 140 valence electrons. The minimum Gasteiger partial charge on any atom is -0.384 e. The number of nitrogens with zero attached hydrogens (tertiary/aromatic N) is 3. The summed E-state index contributed by atoms with van der Waals surface area (Å²) in [6, 6.07) is 10.0. The Labute approximate surface area is 163 Å². The third-order valence-corrected chi connectivity index (χ3v) is 6.29. The average Bonchev–Trinajstić information content (AvgIpc) is 2.94. The predicted molar refractivity (Wildman–Crippen MR) is 105 cm³/mol. The number of carbonyl (C=O) groups is 1. The van der Waals surface area contributed by atoms with Crippen LogP contribution in [0.1, 0.15) is 33.1 Å². The maximum atomic E-state index is 12.9. The van der Waals surface area contributed by atoms with Gasteiger partial charge in [-0.1, -0.05) is 17.9 Å². The number of amides is 1. The lowest BCUT2D eigenvalue weighted by Crippen LogP contribution is -2.43. The predicted octanol–water partition coefficient (Wildman–Crippen LogP) is 2.22. The van der Waals surface area contributed by atoms with Gasteiger partial charge in [0.25, 0.3) is 5.91 Å². The third kappa shape index (κ3) is 4.22. The van der Waals surface area contributed by atoms with Gasteiger partial charge in [0.15, 0.2) is 0 Å². The maximum absolute atomic E-state index is 12.9. The summed E-state index contributed by atoms with van der Waals surface area (Å²) in [5.74, 6) is 6.25. The van der Waals surface area contributed by atoms with E-state index in [-0.39, 0.29) is 12.5 Å². The van der Waals surface area contributed by atoms with Crippen LogP contribution in [0.5, 0.6) is 0 Å². The lowest BCUT2D eigenvalue weighted by molar-refractivity contribution is 0.0730. The number of rotatable bonds is 3. The van der Waals surface area contributed by atoms with Crippen molar-refractivity contribution >= 4 is 17.2 Å². The lowest BCUT2D eigenvalue weighted by atomic mass is 9.95. The summed E-state index contributed by atoms with van der Waals surface area (Å²) in [4.78, 5) is 23.9. The number of aromatic nitrogens is 1. The molecule has 3 aliphatic rings. The summed E-state index contributed by atoms with van der Waals surface area (Å²) < 4.78 is 0. The summed E-state index contributed by atoms with van der Waals surface area (Å²) in [5, 5.41) is 8.84. The molecule has 0 radical (unpaired) electrons. The second-order valence-electron chi connectivity index (χ2n) is 7.18. The fourth-order valence-electron chi connectivity index (χ4n) is 4.05. The lowest BCUT2D eigenvalue weighted by Gasteiger charge is -2.35. The molecule has 0 aromatic carbocycles. The Bertz CT molecular complexity index is 855. The molecule has 0 saturated carbocycles. The Morgan fingerprint density at radius 1 is 1.22 bits per heavy atom. The molecule has 0 spiro atoms. The fourth-order valence-corrected chi connectivity index (χ4v) is 4.95. The zero-order chi connectivity index (χ0) is 18.6. The van der Waals surface area contributed by atoms with Crippen LogP contribution < -0.4 is 0 Å². The largest absolute Gasteiger partial charge is 0.384 e. The van der Waals surface area contributed by atoms with Crippen molar-refractivity contribution in [3.8, 4) is 11.8 Å². The van der Waals surface area contributed by atoms with E-state index in [0.29, 0.717) is 17.7 Å². The highest BCUT2D eigenvalue weighted by atomic mass is 32.1. The molecular formula is C21H23N3O2S. The molecule has 5 rings (SSSR count). The standard InChI is InChI=1S/C21H23N3O2S/c25-11-3-4-18-8-9-19(27-18)15-23-12-16-6-7-17(23)14-24(13-16)21(26)20-5-1-2-10-22-20/h1-2,5,8-10,16-17,25H,6-7,11-15H2. The number of carbonyl (C=O) groups excluding carboxylic acids is 1. The number of piperidine rings is 1. The van der Waals surface area contributed by atoms with E-state index in [1.165, 1.54) is 11.3 Å². The van der Waals surface area contributed by atoms with Gasteiger partial charge in [0.05, 0.1) is 4.88 Å². The Kier molecular flexibility index (Phi) is 5.53. The normalized spacial score (nSPS) is 22.2. The van der Waals surface area contributed by atoms with Gasteiger partial charge in [-0.3, -0.25) is 14.7 Å². The van der Waals surface area contributed by atoms with Gasteiger partial charge < -0.3 is 10.0 Å². The van der Waals surface area contributed by atoms with Crippen molar-refractivity contribution in [2.24, 2.45) is 5.92 Å². The van der Waals surface area contributed by atoms with Crippen LogP contribution in [0.3, 0.4) is 0 Å². The van der Waals surface area contributed by atoms with Gasteiger partial charge in [-0.2, -0.15) is 0 Å². The third-order valence-electron chi connectivity index (χ3n) is 5.31. The molecular weight excluding hydrogens is 358 g/mol. The van der Waals surface area contributed by atoms with E-state index in [1.54, 1.807) is 23.6 Å². The zero-order valence-electron chi connectivity index (χ0n) is 15.2. The molecule has 5 nitrogen and oxygen atoms in total. The summed E-state index contributed by atoms with van der Waals surface area (Å²) in [6.07, 6.45) is 4.00. The number of thiophene rings is 1. The van der Waals surface area contributed by atoms with Gasteiger partial charge in [0.1, 0.15) is 12.3 Å². The molecule has 2 unspecified atom stereocenters. The first-order valence-corrected chi connectivity index (χ1v) is 10.2. The van der Waals surface area contributed by atoms with Crippen LogP contribution in [0.4, 0.5) is 0 Å². The van der Waals surface area contributed by atoms with E-state index in [2.05, 4.69) is 27.8 Å². The number of aliphatic hydroxyl groups is 1. The minimum absolute atomic E-state index is 0.0482. The Morgan fingerprint density at radius 3 is 2.96 bits per heavy atom. The fraction of sp³-hybridized carbons (Fsp3) is 0.429. The molecule has 2 aromatic heterocycles. The van der Waals surface area contributed by atoms with Crippen molar-refractivity contribution < 1.29 is 9.90 Å². The second kappa shape index (κ2) is 8.22. The molecule has 1 amide bonds. The van der Waals surface area contributed by atoms with E-state index in [0.717, 1.165) is 37.5 Å². The van der Waals surface area contributed by atoms with Gasteiger partial charge in [-0.25, -0.2) is 0 Å². The Hall–Kier alpha value is -2.20. The molecule has 5 heterocycles. The van der Waals surface area contributed by atoms with E-state index in [1.807, 2.05) is 23.1 Å². The van der Waals surface area contributed by atoms with Crippen LogP contribution in [0, 0.1) is 17.8 Å². The van der Waals surface area contributed by atoms with Crippen LogP contribution in [0.15, 0.2) is 36.5 Å². The van der Waals surface area contributed by atoms with Crippen molar-refractivity contribution in [1.82, 2.24) is 14.8 Å². The summed E-state index contributed by atoms with van der Waals surface area (Å²) in [5.41, 5.74) is 0.538. The van der Waals surface area contributed by atoms with Gasteiger partial charge in [0.2, 0.25) is 0 Å². The zero-order valence-corrected chi connectivity index (χ0v) is 16.0. The highest BCUT2D eigenvalue weighted by molar-refractivity contribution is 7.12. The highest BCUT2D eigenvalue weighted by Crippen LogP contribution is 2.31. The highest BCUT2D eigenvalue weighted by Gasteiger charge is 2.36. The first-order chi connectivity index (χ1) is 13.2. The van der Waals surface area contributed by atoms with Crippen molar-refractivity contribution in [1.29, 1.82) is 0 Å². The van der Waals surface area contributed by atoms with Crippen molar-refractivity contribution in [2.45, 2.75) is 25.4 Å². The SMILES string of the molecule is O=C(c1ccccn1)N1CC2CCC(C1)N(Cc1ccc(C#CCO)s1)C2. The Balaban J connectivity index is 1.45. The van der Waals surface area contributed by atoms with E-state index in [9.17, 15) is 4.79 Å².